The van der Waals surface area contributed by atoms with Crippen molar-refractivity contribution in [2.24, 2.45) is 4.99 Å². The average Bonchev–Trinajstić information content (AvgIpc) is 2.70. The predicted molar refractivity (Wildman–Crippen MR) is 122 cm³/mol. The van der Waals surface area contributed by atoms with Gasteiger partial charge in [0.05, 0.1) is 0 Å². The Morgan fingerprint density at radius 1 is 1.03 bits per heavy atom. The highest BCUT2D eigenvalue weighted by atomic mass is 16.6. The molecule has 1 rings (SSSR count). The summed E-state index contributed by atoms with van der Waals surface area (Å²) in [5.74, 6) is 1.54. The van der Waals surface area contributed by atoms with Gasteiger partial charge >= 0.3 is 6.09 Å². The molecular weight excluding hydrogens is 382 g/mol. The number of carbonyl (C=O) groups is 1. The van der Waals surface area contributed by atoms with Crippen molar-refractivity contribution in [1.82, 2.24) is 20.9 Å². The fourth-order valence-corrected chi connectivity index (χ4v) is 2.60. The molecule has 8 heteroatoms. The zero-order chi connectivity index (χ0) is 22.4. The van der Waals surface area contributed by atoms with Gasteiger partial charge in [-0.3, -0.25) is 4.99 Å². The number of hydrogen-bond donors (Lipinski definition) is 3. The molecule has 0 spiro atoms. The van der Waals surface area contributed by atoms with E-state index < -0.39 is 11.7 Å². The van der Waals surface area contributed by atoms with Crippen molar-refractivity contribution in [3.05, 3.63) is 29.8 Å². The number of nitrogens with one attached hydrogen (secondary N) is 3. The molecule has 1 amide bonds. The number of alkyl carbamates (subject to hydrolysis) is 1. The van der Waals surface area contributed by atoms with Gasteiger partial charge in [0.25, 0.3) is 0 Å². The lowest BCUT2D eigenvalue weighted by atomic mass is 10.2. The molecule has 0 bridgehead atoms. The number of benzene rings is 1. The van der Waals surface area contributed by atoms with Gasteiger partial charge in [-0.1, -0.05) is 26.0 Å². The largest absolute Gasteiger partial charge is 0.492 e. The van der Waals surface area contributed by atoms with Crippen molar-refractivity contribution < 1.29 is 14.3 Å². The number of ether oxygens (including phenoxy) is 2. The van der Waals surface area contributed by atoms with E-state index in [4.69, 9.17) is 9.47 Å². The van der Waals surface area contributed by atoms with Crippen LogP contribution < -0.4 is 20.7 Å². The smallest absolute Gasteiger partial charge is 0.407 e. The van der Waals surface area contributed by atoms with Gasteiger partial charge in [-0.05, 0) is 51.6 Å². The van der Waals surface area contributed by atoms with E-state index in [1.54, 1.807) is 7.05 Å². The molecule has 0 aliphatic heterocycles. The minimum absolute atomic E-state index is 0.424. The molecule has 0 fully saturated rings. The zero-order valence-electron chi connectivity index (χ0n) is 19.4. The van der Waals surface area contributed by atoms with Crippen LogP contribution in [0, 0.1) is 0 Å². The summed E-state index contributed by atoms with van der Waals surface area (Å²) in [5, 5.41) is 9.12. The molecule has 0 unspecified atom stereocenters. The van der Waals surface area contributed by atoms with Crippen molar-refractivity contribution in [1.29, 1.82) is 0 Å². The van der Waals surface area contributed by atoms with Crippen molar-refractivity contribution in [2.75, 3.05) is 46.4 Å². The third kappa shape index (κ3) is 11.5. The fourth-order valence-electron chi connectivity index (χ4n) is 2.60. The van der Waals surface area contributed by atoms with Crippen LogP contribution >= 0.6 is 0 Å². The summed E-state index contributed by atoms with van der Waals surface area (Å²) in [4.78, 5) is 18.1. The third-order valence-electron chi connectivity index (χ3n) is 4.26. The van der Waals surface area contributed by atoms with Crippen LogP contribution in [0.3, 0.4) is 0 Å². The van der Waals surface area contributed by atoms with Crippen LogP contribution in [-0.2, 0) is 11.3 Å². The van der Waals surface area contributed by atoms with Crippen LogP contribution in [0.4, 0.5) is 4.79 Å². The summed E-state index contributed by atoms with van der Waals surface area (Å²) in [6.45, 7) is 15.1. The molecule has 8 nitrogen and oxygen atoms in total. The molecule has 3 N–H and O–H groups in total. The number of nitrogens with zero attached hydrogens (tertiary/aromatic N) is 2. The summed E-state index contributed by atoms with van der Waals surface area (Å²) >= 11 is 0. The normalized spacial score (nSPS) is 11.9. The summed E-state index contributed by atoms with van der Waals surface area (Å²) in [6.07, 6.45) is -0.424. The molecule has 0 atom stereocenters. The Bertz CT molecular complexity index is 637. The first-order chi connectivity index (χ1) is 14.3. The van der Waals surface area contributed by atoms with E-state index >= 15 is 0 Å². The van der Waals surface area contributed by atoms with Gasteiger partial charge in [-0.2, -0.15) is 0 Å². The fraction of sp³-hybridized carbons (Fsp3) is 0.636. The molecule has 0 saturated heterocycles. The second-order valence-electron chi connectivity index (χ2n) is 7.80. The van der Waals surface area contributed by atoms with E-state index in [9.17, 15) is 4.79 Å². The molecule has 0 aromatic heterocycles. The van der Waals surface area contributed by atoms with E-state index in [1.807, 2.05) is 45.0 Å². The van der Waals surface area contributed by atoms with Crippen LogP contribution in [0.5, 0.6) is 5.75 Å². The summed E-state index contributed by atoms with van der Waals surface area (Å²) in [5.41, 5.74) is 0.627. The van der Waals surface area contributed by atoms with Crippen LogP contribution in [0.25, 0.3) is 0 Å². The molecule has 0 radical (unpaired) electrons. The lowest BCUT2D eigenvalue weighted by molar-refractivity contribution is 0.0529. The molecule has 0 saturated carbocycles. The molecule has 0 aliphatic rings. The minimum atomic E-state index is -0.499. The maximum atomic E-state index is 11.6. The quantitative estimate of drug-likeness (QED) is 0.289. The maximum Gasteiger partial charge on any atom is 0.407 e. The molecule has 0 aliphatic carbocycles. The lowest BCUT2D eigenvalue weighted by Crippen LogP contribution is -2.42. The Kier molecular flexibility index (Phi) is 11.7. The highest BCUT2D eigenvalue weighted by Crippen LogP contribution is 2.12. The van der Waals surface area contributed by atoms with Crippen LogP contribution in [0.2, 0.25) is 0 Å². The highest BCUT2D eigenvalue weighted by Gasteiger charge is 2.15. The summed E-state index contributed by atoms with van der Waals surface area (Å²) in [6, 6.07) is 8.05. The van der Waals surface area contributed by atoms with E-state index in [1.165, 1.54) is 0 Å². The van der Waals surface area contributed by atoms with Gasteiger partial charge < -0.3 is 30.3 Å². The number of rotatable bonds is 11. The Hall–Kier alpha value is -2.48. The van der Waals surface area contributed by atoms with Gasteiger partial charge in [0, 0.05) is 33.2 Å². The van der Waals surface area contributed by atoms with Crippen molar-refractivity contribution in [3.63, 3.8) is 0 Å². The average molecular weight is 422 g/mol. The Balaban J connectivity index is 2.28. The van der Waals surface area contributed by atoms with E-state index in [0.717, 1.165) is 30.9 Å². The van der Waals surface area contributed by atoms with Gasteiger partial charge in [0.15, 0.2) is 5.96 Å². The molecular formula is C22H39N5O3. The van der Waals surface area contributed by atoms with Crippen molar-refractivity contribution >= 4 is 12.1 Å². The Morgan fingerprint density at radius 2 is 1.67 bits per heavy atom. The van der Waals surface area contributed by atoms with Crippen molar-refractivity contribution in [2.45, 2.75) is 46.8 Å². The van der Waals surface area contributed by atoms with Gasteiger partial charge in [-0.25, -0.2) is 4.79 Å². The summed E-state index contributed by atoms with van der Waals surface area (Å²) in [7, 11) is 1.71. The first-order valence-corrected chi connectivity index (χ1v) is 10.6. The van der Waals surface area contributed by atoms with E-state index in [2.05, 4.69) is 39.7 Å². The Morgan fingerprint density at radius 3 is 2.23 bits per heavy atom. The maximum absolute atomic E-state index is 11.6. The first-order valence-electron chi connectivity index (χ1n) is 10.6. The monoisotopic (exact) mass is 421 g/mol. The number of hydrogen-bond acceptors (Lipinski definition) is 5. The van der Waals surface area contributed by atoms with Crippen LogP contribution in [0.15, 0.2) is 29.3 Å². The second kappa shape index (κ2) is 13.7. The number of guanidine groups is 1. The third-order valence-corrected chi connectivity index (χ3v) is 4.26. The van der Waals surface area contributed by atoms with Gasteiger partial charge in [0.1, 0.15) is 18.0 Å². The second-order valence-corrected chi connectivity index (χ2v) is 7.80. The van der Waals surface area contributed by atoms with E-state index in [0.29, 0.717) is 32.2 Å². The van der Waals surface area contributed by atoms with Crippen LogP contribution in [0.1, 0.15) is 40.2 Å². The zero-order valence-corrected chi connectivity index (χ0v) is 19.4. The van der Waals surface area contributed by atoms with Gasteiger partial charge in [-0.15, -0.1) is 0 Å². The topological polar surface area (TPSA) is 87.2 Å². The molecule has 0 heterocycles. The lowest BCUT2D eigenvalue weighted by Gasteiger charge is -2.20. The molecule has 170 valence electrons. The molecule has 30 heavy (non-hydrogen) atoms. The SMILES string of the molecule is CCN(CC)CCOc1ccc(CNC(=NC)NCCNC(=O)OC(C)(C)C)cc1. The minimum Gasteiger partial charge on any atom is -0.492 e. The Labute approximate surface area is 181 Å². The summed E-state index contributed by atoms with van der Waals surface area (Å²) < 4.78 is 11.0. The number of amides is 1. The van der Waals surface area contributed by atoms with Crippen LogP contribution in [-0.4, -0.2) is 68.9 Å². The van der Waals surface area contributed by atoms with Crippen molar-refractivity contribution in [3.8, 4) is 5.75 Å². The first kappa shape index (κ1) is 25.6. The number of carbonyl (C=O) groups excluding carboxylic acids is 1. The number of aliphatic imine (C=N–C) groups is 1. The standard InChI is InChI=1S/C22H39N5O3/c1-7-27(8-2)15-16-29-19-11-9-18(10-12-19)17-26-20(23-6)24-13-14-25-21(28)30-22(3,4)5/h9-12H,7-8,13-17H2,1-6H3,(H,25,28)(H2,23,24,26). The number of likely N-dealkylation sites (N-methyl/N-ethyl adjacent to an activating group) is 1. The molecule has 1 aromatic carbocycles. The van der Waals surface area contributed by atoms with E-state index in [-0.39, 0.29) is 0 Å². The highest BCUT2D eigenvalue weighted by molar-refractivity contribution is 5.79. The predicted octanol–water partition coefficient (Wildman–Crippen LogP) is 2.60. The molecule has 1 aromatic rings. The van der Waals surface area contributed by atoms with Gasteiger partial charge in [0.2, 0.25) is 0 Å².